The molecule has 1 aliphatic heterocycles. The van der Waals surface area contributed by atoms with Crippen molar-refractivity contribution in [2.24, 2.45) is 5.92 Å². The van der Waals surface area contributed by atoms with E-state index >= 15 is 0 Å². The number of amides is 1. The number of benzene rings is 1. The highest BCUT2D eigenvalue weighted by Gasteiger charge is 2.46. The summed E-state index contributed by atoms with van der Waals surface area (Å²) in [5.74, 6) is 0.913. The van der Waals surface area contributed by atoms with E-state index in [0.717, 1.165) is 32.4 Å². The van der Waals surface area contributed by atoms with Crippen molar-refractivity contribution < 1.29 is 4.79 Å². The van der Waals surface area contributed by atoms with Gasteiger partial charge in [0.25, 0.3) is 0 Å². The second kappa shape index (κ2) is 5.55. The Kier molecular flexibility index (Phi) is 3.41. The topological polar surface area (TPSA) is 51.0 Å². The first-order chi connectivity index (χ1) is 10.8. The van der Waals surface area contributed by atoms with E-state index in [1.54, 1.807) is 12.7 Å². The van der Waals surface area contributed by atoms with Crippen molar-refractivity contribution in [3.8, 4) is 0 Å². The highest BCUT2D eigenvalue weighted by Crippen LogP contribution is 2.48. The molecule has 1 aliphatic carbocycles. The van der Waals surface area contributed by atoms with Crippen molar-refractivity contribution in [3.05, 3.63) is 48.5 Å². The van der Waals surface area contributed by atoms with Gasteiger partial charge in [0.15, 0.2) is 0 Å². The molecule has 22 heavy (non-hydrogen) atoms. The number of aromatic nitrogens is 3. The Morgan fingerprint density at radius 3 is 2.86 bits per heavy atom. The zero-order chi connectivity index (χ0) is 14.9. The van der Waals surface area contributed by atoms with Crippen LogP contribution in [0.4, 0.5) is 0 Å². The number of carbonyl (C=O) groups is 1. The monoisotopic (exact) mass is 296 g/mol. The number of hydrogen-bond donors (Lipinski definition) is 0. The number of hydrogen-bond acceptors (Lipinski definition) is 3. The van der Waals surface area contributed by atoms with Gasteiger partial charge in [-0.15, -0.1) is 0 Å². The number of piperidine rings is 1. The van der Waals surface area contributed by atoms with Gasteiger partial charge >= 0.3 is 0 Å². The van der Waals surface area contributed by atoms with Gasteiger partial charge < -0.3 is 4.90 Å². The van der Waals surface area contributed by atoms with Crippen molar-refractivity contribution in [1.29, 1.82) is 0 Å². The first-order valence-electron chi connectivity index (χ1n) is 8.01. The van der Waals surface area contributed by atoms with Gasteiger partial charge in [0.05, 0.1) is 6.04 Å². The molecule has 1 aromatic carbocycles. The summed E-state index contributed by atoms with van der Waals surface area (Å²) < 4.78 is 1.89. The van der Waals surface area contributed by atoms with Gasteiger partial charge in [-0.25, -0.2) is 9.67 Å². The van der Waals surface area contributed by atoms with E-state index in [0.29, 0.717) is 11.8 Å². The summed E-state index contributed by atoms with van der Waals surface area (Å²) >= 11 is 0. The molecule has 5 nitrogen and oxygen atoms in total. The van der Waals surface area contributed by atoms with Crippen LogP contribution in [0.15, 0.2) is 43.0 Å². The third kappa shape index (κ3) is 2.51. The summed E-state index contributed by atoms with van der Waals surface area (Å²) in [5, 5.41) is 4.22. The Labute approximate surface area is 130 Å². The lowest BCUT2D eigenvalue weighted by Crippen LogP contribution is -2.41. The van der Waals surface area contributed by atoms with Crippen molar-refractivity contribution in [3.63, 3.8) is 0 Å². The first-order valence-corrected chi connectivity index (χ1v) is 8.01. The largest absolute Gasteiger partial charge is 0.340 e. The van der Waals surface area contributed by atoms with Crippen LogP contribution in [-0.2, 0) is 4.79 Å². The van der Waals surface area contributed by atoms with Gasteiger partial charge in [-0.2, -0.15) is 5.10 Å². The minimum atomic E-state index is 0.178. The zero-order valence-corrected chi connectivity index (χ0v) is 12.5. The quantitative estimate of drug-likeness (QED) is 0.873. The van der Waals surface area contributed by atoms with Gasteiger partial charge in [0, 0.05) is 19.0 Å². The maximum atomic E-state index is 12.7. The standard InChI is InChI=1S/C17H20N4O/c22-17(16-9-15(16)13-5-2-1-3-6-13)20-8-4-7-14(10-20)21-12-18-11-19-21/h1-3,5-6,11-12,14-16H,4,7-10H2/t14-,15-,16+/m0/s1. The molecule has 2 aromatic rings. The molecule has 2 heterocycles. The minimum absolute atomic E-state index is 0.178. The van der Waals surface area contributed by atoms with Gasteiger partial charge in [0.2, 0.25) is 5.91 Å². The summed E-state index contributed by atoms with van der Waals surface area (Å²) in [6.07, 6.45) is 6.42. The van der Waals surface area contributed by atoms with E-state index in [4.69, 9.17) is 0 Å². The zero-order valence-electron chi connectivity index (χ0n) is 12.5. The van der Waals surface area contributed by atoms with E-state index in [-0.39, 0.29) is 12.0 Å². The number of likely N-dealkylation sites (tertiary alicyclic amines) is 1. The van der Waals surface area contributed by atoms with Crippen LogP contribution in [0.25, 0.3) is 0 Å². The summed E-state index contributed by atoms with van der Waals surface area (Å²) in [6.45, 7) is 1.64. The lowest BCUT2D eigenvalue weighted by molar-refractivity contribution is -0.134. The second-order valence-corrected chi connectivity index (χ2v) is 6.32. The molecule has 0 unspecified atom stereocenters. The molecule has 1 saturated heterocycles. The third-order valence-corrected chi connectivity index (χ3v) is 4.85. The molecule has 0 N–H and O–H groups in total. The van der Waals surface area contributed by atoms with Crippen LogP contribution in [0.5, 0.6) is 0 Å². The third-order valence-electron chi connectivity index (χ3n) is 4.85. The average Bonchev–Trinajstić information content (AvgIpc) is 3.19. The van der Waals surface area contributed by atoms with Crippen LogP contribution in [-0.4, -0.2) is 38.7 Å². The molecule has 114 valence electrons. The smallest absolute Gasteiger partial charge is 0.226 e. The SMILES string of the molecule is O=C([C@@H]1C[C@H]1c1ccccc1)N1CCC[C@H](n2cncn2)C1. The Morgan fingerprint density at radius 2 is 2.09 bits per heavy atom. The van der Waals surface area contributed by atoms with Crippen molar-refractivity contribution in [2.75, 3.05) is 13.1 Å². The molecule has 1 amide bonds. The van der Waals surface area contributed by atoms with Crippen LogP contribution in [0.3, 0.4) is 0 Å². The van der Waals surface area contributed by atoms with Crippen molar-refractivity contribution in [1.82, 2.24) is 19.7 Å². The highest BCUT2D eigenvalue weighted by atomic mass is 16.2. The first kappa shape index (κ1) is 13.5. The molecule has 2 fully saturated rings. The molecule has 4 rings (SSSR count). The lowest BCUT2D eigenvalue weighted by atomic mass is 10.0. The summed E-state index contributed by atoms with van der Waals surface area (Å²) in [7, 11) is 0. The molecule has 1 saturated carbocycles. The fraction of sp³-hybridized carbons (Fsp3) is 0.471. The van der Waals surface area contributed by atoms with Gasteiger partial charge in [-0.05, 0) is 30.7 Å². The fourth-order valence-corrected chi connectivity index (χ4v) is 3.55. The summed E-state index contributed by atoms with van der Waals surface area (Å²) in [4.78, 5) is 18.8. The number of nitrogens with zero attached hydrogens (tertiary/aromatic N) is 4. The average molecular weight is 296 g/mol. The van der Waals surface area contributed by atoms with Gasteiger partial charge in [-0.1, -0.05) is 30.3 Å². The molecule has 3 atom stereocenters. The molecular weight excluding hydrogens is 276 g/mol. The van der Waals surface area contributed by atoms with E-state index < -0.39 is 0 Å². The molecule has 0 radical (unpaired) electrons. The summed E-state index contributed by atoms with van der Waals surface area (Å²) in [5.41, 5.74) is 1.30. The van der Waals surface area contributed by atoms with Crippen LogP contribution >= 0.6 is 0 Å². The Balaban J connectivity index is 1.41. The van der Waals surface area contributed by atoms with Crippen LogP contribution in [0.2, 0.25) is 0 Å². The molecule has 5 heteroatoms. The van der Waals surface area contributed by atoms with E-state index in [1.165, 1.54) is 5.56 Å². The molecule has 0 bridgehead atoms. The van der Waals surface area contributed by atoms with Crippen LogP contribution in [0, 0.1) is 5.92 Å². The van der Waals surface area contributed by atoms with E-state index in [2.05, 4.69) is 34.3 Å². The Bertz CT molecular complexity index is 640. The maximum Gasteiger partial charge on any atom is 0.226 e. The number of carbonyl (C=O) groups excluding carboxylic acids is 1. The molecule has 0 spiro atoms. The summed E-state index contributed by atoms with van der Waals surface area (Å²) in [6, 6.07) is 10.7. The Hall–Kier alpha value is -2.17. The number of rotatable bonds is 3. The molecular formula is C17H20N4O. The maximum absolute atomic E-state index is 12.7. The van der Waals surface area contributed by atoms with Crippen molar-refractivity contribution in [2.45, 2.75) is 31.2 Å². The van der Waals surface area contributed by atoms with Crippen LogP contribution < -0.4 is 0 Å². The van der Waals surface area contributed by atoms with Crippen molar-refractivity contribution >= 4 is 5.91 Å². The Morgan fingerprint density at radius 1 is 1.23 bits per heavy atom. The fourth-order valence-electron chi connectivity index (χ4n) is 3.55. The molecule has 2 aliphatic rings. The predicted octanol–water partition coefficient (Wildman–Crippen LogP) is 2.25. The van der Waals surface area contributed by atoms with E-state index in [9.17, 15) is 4.79 Å². The van der Waals surface area contributed by atoms with Gasteiger partial charge in [-0.3, -0.25) is 4.79 Å². The molecule has 1 aromatic heterocycles. The van der Waals surface area contributed by atoms with Gasteiger partial charge in [0.1, 0.15) is 12.7 Å². The lowest BCUT2D eigenvalue weighted by Gasteiger charge is -2.32. The minimum Gasteiger partial charge on any atom is -0.340 e. The normalized spacial score (nSPS) is 27.6. The second-order valence-electron chi connectivity index (χ2n) is 6.32. The van der Waals surface area contributed by atoms with E-state index in [1.807, 2.05) is 15.6 Å². The predicted molar refractivity (Wildman–Crippen MR) is 82.2 cm³/mol. The highest BCUT2D eigenvalue weighted by molar-refractivity contribution is 5.83. The van der Waals surface area contributed by atoms with Crippen LogP contribution in [0.1, 0.15) is 36.8 Å².